The normalized spacial score (nSPS) is 30.3. The van der Waals surface area contributed by atoms with Gasteiger partial charge in [0.05, 0.1) is 5.92 Å². The van der Waals surface area contributed by atoms with E-state index in [9.17, 15) is 9.59 Å². The fourth-order valence-corrected chi connectivity index (χ4v) is 4.08. The van der Waals surface area contributed by atoms with E-state index < -0.39 is 0 Å². The zero-order chi connectivity index (χ0) is 15.6. The summed E-state index contributed by atoms with van der Waals surface area (Å²) < 4.78 is 0. The zero-order valence-electron chi connectivity index (χ0n) is 14.0. The Morgan fingerprint density at radius 2 is 1.71 bits per heavy atom. The molecule has 0 aromatic carbocycles. The molecular formula is C17H30N2O2. The minimum atomic E-state index is -0.115. The number of carbonyl (C=O) groups is 2. The largest absolute Gasteiger partial charge is 0.342 e. The van der Waals surface area contributed by atoms with Crippen molar-refractivity contribution in [3.05, 3.63) is 0 Å². The topological polar surface area (TPSA) is 40.6 Å². The number of carbonyl (C=O) groups excluding carboxylic acids is 2. The number of hydrogen-bond acceptors (Lipinski definition) is 2. The van der Waals surface area contributed by atoms with Crippen molar-refractivity contribution in [3.63, 3.8) is 0 Å². The zero-order valence-corrected chi connectivity index (χ0v) is 14.0. The third kappa shape index (κ3) is 3.58. The van der Waals surface area contributed by atoms with E-state index in [0.717, 1.165) is 25.9 Å². The lowest BCUT2D eigenvalue weighted by molar-refractivity contribution is -0.138. The van der Waals surface area contributed by atoms with Crippen molar-refractivity contribution in [1.82, 2.24) is 9.80 Å². The lowest BCUT2D eigenvalue weighted by atomic mass is 9.91. The minimum absolute atomic E-state index is 0.115. The highest BCUT2D eigenvalue weighted by Crippen LogP contribution is 2.28. The maximum atomic E-state index is 12.7. The van der Waals surface area contributed by atoms with E-state index in [1.54, 1.807) is 0 Å². The summed E-state index contributed by atoms with van der Waals surface area (Å²) in [6.07, 6.45) is 3.56. The first kappa shape index (κ1) is 16.3. The molecule has 2 rings (SSSR count). The number of piperidine rings is 1. The van der Waals surface area contributed by atoms with Crippen LogP contribution in [0.3, 0.4) is 0 Å². The molecular weight excluding hydrogens is 264 g/mol. The second-order valence-electron chi connectivity index (χ2n) is 7.11. The average molecular weight is 294 g/mol. The molecule has 0 spiro atoms. The third-order valence-corrected chi connectivity index (χ3v) is 5.07. The van der Waals surface area contributed by atoms with Crippen molar-refractivity contribution in [2.24, 2.45) is 17.8 Å². The lowest BCUT2D eigenvalue weighted by Gasteiger charge is -2.36. The van der Waals surface area contributed by atoms with Crippen molar-refractivity contribution in [2.75, 3.05) is 19.6 Å². The molecule has 2 heterocycles. The molecule has 4 heteroatoms. The van der Waals surface area contributed by atoms with Gasteiger partial charge in [-0.3, -0.25) is 9.59 Å². The number of likely N-dealkylation sites (tertiary alicyclic amines) is 2. The smallest absolute Gasteiger partial charge is 0.228 e. The fraction of sp³-hybridized carbons (Fsp3) is 0.882. The Bertz CT molecular complexity index is 382. The molecule has 0 aromatic rings. The summed E-state index contributed by atoms with van der Waals surface area (Å²) in [7, 11) is 0. The summed E-state index contributed by atoms with van der Waals surface area (Å²) in [5.74, 6) is 1.40. The molecule has 2 fully saturated rings. The standard InChI is InChI=1S/C17H30N2O2/c1-5-15(6-2)19-11-14(8-16(19)20)17(21)18-9-12(3)7-13(4)10-18/h12-15H,5-11H2,1-4H3. The van der Waals surface area contributed by atoms with E-state index >= 15 is 0 Å². The van der Waals surface area contributed by atoms with Crippen LogP contribution in [-0.4, -0.2) is 47.3 Å². The molecule has 0 aromatic heterocycles. The average Bonchev–Trinajstić information content (AvgIpc) is 2.80. The van der Waals surface area contributed by atoms with Gasteiger partial charge in [-0.05, 0) is 31.1 Å². The molecule has 3 unspecified atom stereocenters. The van der Waals surface area contributed by atoms with Gasteiger partial charge in [0.2, 0.25) is 11.8 Å². The van der Waals surface area contributed by atoms with Gasteiger partial charge in [0.25, 0.3) is 0 Å². The Hall–Kier alpha value is -1.06. The highest BCUT2D eigenvalue weighted by molar-refractivity contribution is 5.89. The van der Waals surface area contributed by atoms with E-state index in [1.807, 2.05) is 9.80 Å². The van der Waals surface area contributed by atoms with Crippen molar-refractivity contribution >= 4 is 11.8 Å². The molecule has 0 aliphatic carbocycles. The van der Waals surface area contributed by atoms with Crippen molar-refractivity contribution in [2.45, 2.75) is 59.4 Å². The molecule has 0 radical (unpaired) electrons. The van der Waals surface area contributed by atoms with Crippen LogP contribution in [0.4, 0.5) is 0 Å². The van der Waals surface area contributed by atoms with E-state index in [0.29, 0.717) is 30.8 Å². The molecule has 4 nitrogen and oxygen atoms in total. The fourth-order valence-electron chi connectivity index (χ4n) is 4.08. The Balaban J connectivity index is 1.99. The van der Waals surface area contributed by atoms with Gasteiger partial charge in [-0.1, -0.05) is 27.7 Å². The van der Waals surface area contributed by atoms with E-state index in [4.69, 9.17) is 0 Å². The third-order valence-electron chi connectivity index (χ3n) is 5.07. The van der Waals surface area contributed by atoms with E-state index in [-0.39, 0.29) is 17.7 Å². The van der Waals surface area contributed by atoms with Gasteiger partial charge in [0.1, 0.15) is 0 Å². The molecule has 3 atom stereocenters. The van der Waals surface area contributed by atoms with Crippen molar-refractivity contribution in [1.29, 1.82) is 0 Å². The monoisotopic (exact) mass is 294 g/mol. The van der Waals surface area contributed by atoms with Gasteiger partial charge >= 0.3 is 0 Å². The Morgan fingerprint density at radius 3 is 2.24 bits per heavy atom. The van der Waals surface area contributed by atoms with Crippen LogP contribution >= 0.6 is 0 Å². The summed E-state index contributed by atoms with van der Waals surface area (Å²) >= 11 is 0. The predicted molar refractivity (Wildman–Crippen MR) is 83.7 cm³/mol. The Kier molecular flexibility index (Phi) is 5.28. The molecule has 21 heavy (non-hydrogen) atoms. The summed E-state index contributed by atoms with van der Waals surface area (Å²) in [4.78, 5) is 28.9. The van der Waals surface area contributed by atoms with Gasteiger partial charge in [0, 0.05) is 32.1 Å². The first-order chi connectivity index (χ1) is 9.96. The van der Waals surface area contributed by atoms with Crippen molar-refractivity contribution in [3.8, 4) is 0 Å². The molecule has 0 saturated carbocycles. The Morgan fingerprint density at radius 1 is 1.14 bits per heavy atom. The van der Waals surface area contributed by atoms with Crippen LogP contribution in [-0.2, 0) is 9.59 Å². The van der Waals surface area contributed by atoms with Crippen LogP contribution in [0.15, 0.2) is 0 Å². The van der Waals surface area contributed by atoms with Gasteiger partial charge < -0.3 is 9.80 Å². The van der Waals surface area contributed by atoms with Crippen LogP contribution < -0.4 is 0 Å². The number of nitrogens with zero attached hydrogens (tertiary/aromatic N) is 2. The summed E-state index contributed by atoms with van der Waals surface area (Å²) in [5.41, 5.74) is 0. The van der Waals surface area contributed by atoms with Crippen molar-refractivity contribution < 1.29 is 9.59 Å². The maximum Gasteiger partial charge on any atom is 0.228 e. The van der Waals surface area contributed by atoms with Gasteiger partial charge in [-0.25, -0.2) is 0 Å². The van der Waals surface area contributed by atoms with Crippen LogP contribution in [0, 0.1) is 17.8 Å². The van der Waals surface area contributed by atoms with Gasteiger partial charge in [-0.15, -0.1) is 0 Å². The molecule has 0 bridgehead atoms. The highest BCUT2D eigenvalue weighted by atomic mass is 16.2. The van der Waals surface area contributed by atoms with Crippen LogP contribution in [0.5, 0.6) is 0 Å². The highest BCUT2D eigenvalue weighted by Gasteiger charge is 2.39. The number of amides is 2. The first-order valence-electron chi connectivity index (χ1n) is 8.54. The second-order valence-corrected chi connectivity index (χ2v) is 7.11. The molecule has 0 N–H and O–H groups in total. The summed E-state index contributed by atoms with van der Waals surface area (Å²) in [5, 5.41) is 0. The second kappa shape index (κ2) is 6.80. The van der Waals surface area contributed by atoms with Crippen LogP contribution in [0.25, 0.3) is 0 Å². The van der Waals surface area contributed by atoms with Gasteiger partial charge in [-0.2, -0.15) is 0 Å². The Labute approximate surface area is 128 Å². The quantitative estimate of drug-likeness (QED) is 0.799. The summed E-state index contributed by atoms with van der Waals surface area (Å²) in [6.45, 7) is 11.0. The van der Waals surface area contributed by atoms with E-state index in [1.165, 1.54) is 6.42 Å². The number of hydrogen-bond donors (Lipinski definition) is 0. The first-order valence-corrected chi connectivity index (χ1v) is 8.54. The summed E-state index contributed by atoms with van der Waals surface area (Å²) in [6, 6.07) is 0.300. The predicted octanol–water partition coefficient (Wildman–Crippen LogP) is 2.53. The molecule has 2 saturated heterocycles. The maximum absolute atomic E-state index is 12.7. The van der Waals surface area contributed by atoms with Crippen LogP contribution in [0.2, 0.25) is 0 Å². The van der Waals surface area contributed by atoms with Crippen LogP contribution in [0.1, 0.15) is 53.4 Å². The van der Waals surface area contributed by atoms with Gasteiger partial charge in [0.15, 0.2) is 0 Å². The molecule has 120 valence electrons. The lowest BCUT2D eigenvalue weighted by Crippen LogP contribution is -2.46. The molecule has 2 aliphatic rings. The molecule has 2 aliphatic heterocycles. The molecule has 2 amide bonds. The SMILES string of the molecule is CCC(CC)N1CC(C(=O)N2CC(C)CC(C)C2)CC1=O. The number of rotatable bonds is 4. The van der Waals surface area contributed by atoms with E-state index in [2.05, 4.69) is 27.7 Å². The minimum Gasteiger partial charge on any atom is -0.342 e.